The number of esters is 1. The van der Waals surface area contributed by atoms with Crippen molar-refractivity contribution < 1.29 is 14.6 Å². The van der Waals surface area contributed by atoms with Gasteiger partial charge in [-0.2, -0.15) is 0 Å². The molecule has 1 aliphatic heterocycles. The number of ether oxygens (including phenoxy) is 1. The molecule has 0 saturated carbocycles. The van der Waals surface area contributed by atoms with E-state index in [-0.39, 0.29) is 5.56 Å². The van der Waals surface area contributed by atoms with Crippen LogP contribution in [0.2, 0.25) is 0 Å². The Kier molecular flexibility index (Phi) is 3.73. The van der Waals surface area contributed by atoms with Crippen LogP contribution in [0.15, 0.2) is 52.1 Å². The lowest BCUT2D eigenvalue weighted by Crippen LogP contribution is -2.32. The van der Waals surface area contributed by atoms with Crippen LogP contribution in [-0.4, -0.2) is 20.6 Å². The summed E-state index contributed by atoms with van der Waals surface area (Å²) in [6.45, 7) is 3.72. The van der Waals surface area contributed by atoms with Crippen molar-refractivity contribution in [2.24, 2.45) is 0 Å². The van der Waals surface area contributed by atoms with Crippen molar-refractivity contribution in [2.45, 2.75) is 20.0 Å². The summed E-state index contributed by atoms with van der Waals surface area (Å²) in [5.74, 6) is -1.14. The smallest absolute Gasteiger partial charge is 0.339 e. The first-order valence-electron chi connectivity index (χ1n) is 8.33. The zero-order valence-corrected chi connectivity index (χ0v) is 14.6. The maximum Gasteiger partial charge on any atom is 0.339 e. The van der Waals surface area contributed by atoms with Crippen molar-refractivity contribution in [2.75, 3.05) is 0 Å². The molecule has 4 rings (SSSR count). The summed E-state index contributed by atoms with van der Waals surface area (Å²) in [4.78, 5) is 39.2. The van der Waals surface area contributed by atoms with Gasteiger partial charge in [-0.15, -0.1) is 0 Å². The molecule has 2 heterocycles. The minimum Gasteiger partial charge on any atom is -0.494 e. The van der Waals surface area contributed by atoms with Gasteiger partial charge in [-0.1, -0.05) is 24.3 Å². The number of nitrogens with one attached hydrogen (secondary N) is 1. The number of hydrogen-bond donors (Lipinski definition) is 2. The number of hydrogen-bond acceptors (Lipinski definition) is 5. The third-order valence-corrected chi connectivity index (χ3v) is 4.54. The SMILES string of the molecule is Cc1cc(C)cc(-n2c(O)c(C3OC(=O)c4ccccc43)c(=O)[nH]c2=O)c1. The number of fused-ring (bicyclic) bond motifs is 1. The lowest BCUT2D eigenvalue weighted by atomic mass is 10.0. The van der Waals surface area contributed by atoms with E-state index in [4.69, 9.17) is 4.74 Å². The monoisotopic (exact) mass is 364 g/mol. The van der Waals surface area contributed by atoms with E-state index in [0.29, 0.717) is 16.8 Å². The van der Waals surface area contributed by atoms with Crippen molar-refractivity contribution in [1.29, 1.82) is 0 Å². The molecule has 7 nitrogen and oxygen atoms in total. The Hall–Kier alpha value is -3.61. The number of aromatic nitrogens is 2. The van der Waals surface area contributed by atoms with Gasteiger partial charge in [-0.3, -0.25) is 9.78 Å². The predicted molar refractivity (Wildman–Crippen MR) is 97.5 cm³/mol. The highest BCUT2D eigenvalue weighted by atomic mass is 16.5. The van der Waals surface area contributed by atoms with E-state index in [1.165, 1.54) is 0 Å². The molecule has 2 aromatic carbocycles. The maximum absolute atomic E-state index is 12.5. The summed E-state index contributed by atoms with van der Waals surface area (Å²) >= 11 is 0. The van der Waals surface area contributed by atoms with E-state index in [0.717, 1.165) is 15.7 Å². The minimum absolute atomic E-state index is 0.188. The van der Waals surface area contributed by atoms with Gasteiger partial charge in [-0.05, 0) is 43.2 Å². The van der Waals surface area contributed by atoms with Crippen LogP contribution < -0.4 is 11.2 Å². The van der Waals surface area contributed by atoms with Crippen molar-refractivity contribution in [3.8, 4) is 11.6 Å². The molecular formula is C20H16N2O5. The van der Waals surface area contributed by atoms with Gasteiger partial charge in [0.05, 0.1) is 11.3 Å². The summed E-state index contributed by atoms with van der Waals surface area (Å²) in [7, 11) is 0. The Morgan fingerprint density at radius 3 is 2.41 bits per heavy atom. The van der Waals surface area contributed by atoms with Gasteiger partial charge in [0.15, 0.2) is 6.10 Å². The van der Waals surface area contributed by atoms with Gasteiger partial charge in [-0.25, -0.2) is 14.2 Å². The third kappa shape index (κ3) is 2.64. The summed E-state index contributed by atoms with van der Waals surface area (Å²) in [5, 5.41) is 10.8. The molecule has 0 amide bonds. The normalized spacial score (nSPS) is 15.5. The molecule has 27 heavy (non-hydrogen) atoms. The van der Waals surface area contributed by atoms with Crippen LogP contribution in [0.1, 0.15) is 38.7 Å². The van der Waals surface area contributed by atoms with Crippen LogP contribution in [-0.2, 0) is 4.74 Å². The molecule has 0 bridgehead atoms. The topological polar surface area (TPSA) is 101 Å². The number of aryl methyl sites for hydroxylation is 2. The Bertz CT molecular complexity index is 1190. The largest absolute Gasteiger partial charge is 0.494 e. The van der Waals surface area contributed by atoms with Gasteiger partial charge >= 0.3 is 11.7 Å². The Labute approximate surface area is 153 Å². The van der Waals surface area contributed by atoms with Crippen LogP contribution >= 0.6 is 0 Å². The van der Waals surface area contributed by atoms with Crippen molar-refractivity contribution in [3.05, 3.63) is 91.1 Å². The fourth-order valence-electron chi connectivity index (χ4n) is 3.45. The Morgan fingerprint density at radius 1 is 1.04 bits per heavy atom. The first-order chi connectivity index (χ1) is 12.9. The van der Waals surface area contributed by atoms with E-state index in [9.17, 15) is 19.5 Å². The van der Waals surface area contributed by atoms with Crippen molar-refractivity contribution in [1.82, 2.24) is 9.55 Å². The molecule has 1 atom stereocenters. The number of benzene rings is 2. The predicted octanol–water partition coefficient (Wildman–Crippen LogP) is 2.11. The molecule has 1 aromatic heterocycles. The van der Waals surface area contributed by atoms with Gasteiger partial charge in [0.25, 0.3) is 5.56 Å². The molecule has 3 aromatic rings. The van der Waals surface area contributed by atoms with E-state index >= 15 is 0 Å². The van der Waals surface area contributed by atoms with E-state index in [2.05, 4.69) is 4.98 Å². The number of aromatic amines is 1. The lowest BCUT2D eigenvalue weighted by molar-refractivity contribution is 0.0449. The second-order valence-electron chi connectivity index (χ2n) is 6.55. The van der Waals surface area contributed by atoms with E-state index in [1.807, 2.05) is 19.9 Å². The molecule has 0 aliphatic carbocycles. The first kappa shape index (κ1) is 16.8. The zero-order chi connectivity index (χ0) is 19.3. The molecule has 136 valence electrons. The summed E-state index contributed by atoms with van der Waals surface area (Å²) in [6.07, 6.45) is -1.09. The lowest BCUT2D eigenvalue weighted by Gasteiger charge is -2.16. The van der Waals surface area contributed by atoms with Gasteiger partial charge in [0.2, 0.25) is 5.88 Å². The number of rotatable bonds is 2. The van der Waals surface area contributed by atoms with Crippen LogP contribution in [0, 0.1) is 13.8 Å². The number of nitrogens with zero attached hydrogens (tertiary/aromatic N) is 1. The second-order valence-corrected chi connectivity index (χ2v) is 6.55. The van der Waals surface area contributed by atoms with Crippen LogP contribution in [0.4, 0.5) is 0 Å². The molecule has 0 spiro atoms. The van der Waals surface area contributed by atoms with Gasteiger partial charge in [0.1, 0.15) is 5.56 Å². The summed E-state index contributed by atoms with van der Waals surface area (Å²) < 4.78 is 6.33. The maximum atomic E-state index is 12.5. The average Bonchev–Trinajstić information content (AvgIpc) is 2.91. The molecular weight excluding hydrogens is 348 g/mol. The zero-order valence-electron chi connectivity index (χ0n) is 14.6. The van der Waals surface area contributed by atoms with Crippen LogP contribution in [0.3, 0.4) is 0 Å². The highest BCUT2D eigenvalue weighted by Crippen LogP contribution is 2.37. The Morgan fingerprint density at radius 2 is 1.70 bits per heavy atom. The van der Waals surface area contributed by atoms with Gasteiger partial charge in [0, 0.05) is 5.56 Å². The summed E-state index contributed by atoms with van der Waals surface area (Å²) in [5.41, 5.74) is 1.22. The molecule has 7 heteroatoms. The fraction of sp³-hybridized carbons (Fsp3) is 0.150. The van der Waals surface area contributed by atoms with Crippen LogP contribution in [0.25, 0.3) is 5.69 Å². The van der Waals surface area contributed by atoms with Crippen molar-refractivity contribution >= 4 is 5.97 Å². The second kappa shape index (κ2) is 5.98. The molecule has 2 N–H and O–H groups in total. The summed E-state index contributed by atoms with van der Waals surface area (Å²) in [6, 6.07) is 12.0. The molecule has 0 radical (unpaired) electrons. The van der Waals surface area contributed by atoms with Crippen LogP contribution in [0.5, 0.6) is 5.88 Å². The minimum atomic E-state index is -1.09. The fourth-order valence-corrected chi connectivity index (χ4v) is 3.45. The number of aromatic hydroxyl groups is 1. The number of H-pyrrole nitrogens is 1. The highest BCUT2D eigenvalue weighted by molar-refractivity contribution is 5.94. The van der Waals surface area contributed by atoms with E-state index < -0.39 is 29.2 Å². The molecule has 1 aliphatic rings. The molecule has 1 unspecified atom stereocenters. The molecule has 0 fully saturated rings. The van der Waals surface area contributed by atoms with E-state index in [1.54, 1.807) is 36.4 Å². The quantitative estimate of drug-likeness (QED) is 0.678. The van der Waals surface area contributed by atoms with Gasteiger partial charge < -0.3 is 9.84 Å². The molecule has 0 saturated heterocycles. The van der Waals surface area contributed by atoms with Crippen molar-refractivity contribution in [3.63, 3.8) is 0 Å². The highest BCUT2D eigenvalue weighted by Gasteiger charge is 2.36. The Balaban J connectivity index is 1.98. The number of carbonyl (C=O) groups excluding carboxylic acids is 1. The first-order valence-corrected chi connectivity index (χ1v) is 8.33. The number of carbonyl (C=O) groups is 1. The standard InChI is InChI=1S/C20H16N2O5/c1-10-7-11(2)9-12(8-10)22-18(24)15(17(23)21-20(22)26)16-13-5-3-4-6-14(13)19(25)27-16/h3-9,16,24H,1-2H3,(H,21,23,26). The number of cyclic esters (lactones) is 1. The average molecular weight is 364 g/mol. The third-order valence-electron chi connectivity index (χ3n) is 4.54.